The summed E-state index contributed by atoms with van der Waals surface area (Å²) in [4.78, 5) is 10.6. The number of ether oxygens (including phenoxy) is 4. The molecule has 0 bridgehead atoms. The summed E-state index contributed by atoms with van der Waals surface area (Å²) in [6, 6.07) is 0. The fourth-order valence-electron chi connectivity index (χ4n) is 5.24. The molecular formula is C28H52O15. The Morgan fingerprint density at radius 1 is 0.628 bits per heavy atom. The first-order chi connectivity index (χ1) is 20.5. The summed E-state index contributed by atoms with van der Waals surface area (Å²) >= 11 is 0. The van der Waals surface area contributed by atoms with Gasteiger partial charge in [0.2, 0.25) is 0 Å². The molecule has 12 atom stereocenters. The first kappa shape index (κ1) is 38.1. The van der Waals surface area contributed by atoms with E-state index in [1.165, 1.54) is 0 Å². The van der Waals surface area contributed by atoms with Gasteiger partial charge in [-0.2, -0.15) is 0 Å². The minimum atomic E-state index is -1.75. The second kappa shape index (κ2) is 20.2. The molecule has 0 unspecified atom stereocenters. The van der Waals surface area contributed by atoms with Gasteiger partial charge >= 0.3 is 5.97 Å². The lowest BCUT2D eigenvalue weighted by atomic mass is 9.97. The highest BCUT2D eigenvalue weighted by molar-refractivity contribution is 5.71. The van der Waals surface area contributed by atoms with Crippen LogP contribution in [0.15, 0.2) is 0 Å². The summed E-state index contributed by atoms with van der Waals surface area (Å²) in [5.74, 6) is -1.17. The van der Waals surface area contributed by atoms with E-state index in [2.05, 4.69) is 0 Å². The number of unbranched alkanes of at least 4 members (excludes halogenated alkanes) is 9. The van der Waals surface area contributed by atoms with Gasteiger partial charge in [-0.25, -0.2) is 4.79 Å². The molecule has 2 fully saturated rings. The van der Waals surface area contributed by atoms with Gasteiger partial charge in [0.1, 0.15) is 48.8 Å². The number of aliphatic carboxylic acids is 1. The Labute approximate surface area is 251 Å². The molecule has 43 heavy (non-hydrogen) atoms. The Kier molecular flexibility index (Phi) is 17.9. The second-order valence-corrected chi connectivity index (χ2v) is 11.5. The summed E-state index contributed by atoms with van der Waals surface area (Å²) in [5.41, 5.74) is 0. The minimum Gasteiger partial charge on any atom is -0.479 e. The van der Waals surface area contributed by atoms with Gasteiger partial charge in [0.15, 0.2) is 18.7 Å². The molecule has 10 N–H and O–H groups in total. The van der Waals surface area contributed by atoms with Crippen LogP contribution in [0.3, 0.4) is 0 Å². The van der Waals surface area contributed by atoms with E-state index < -0.39 is 92.8 Å². The standard InChI is InChI=1S/C28H52O15/c29-13-18-20(33)21(34)23(36)28(41-18)43-25-19(14-30)42-27(24(37)22(25)35)40-15-16(31)11-9-7-5-3-1-2-4-6-8-10-12-17(32)26(38)39/h16-25,27-37H,1-15H2,(H,38,39)/t16-,17-,18-,19-,20-,21+,22-,23-,24-,25-,27-,28+/m1/s1. The summed E-state index contributed by atoms with van der Waals surface area (Å²) < 4.78 is 21.8. The van der Waals surface area contributed by atoms with Crippen LogP contribution in [-0.2, 0) is 23.7 Å². The van der Waals surface area contributed by atoms with Gasteiger partial charge in [-0.05, 0) is 12.8 Å². The van der Waals surface area contributed by atoms with Crippen LogP contribution in [0, 0.1) is 0 Å². The number of aliphatic hydroxyl groups excluding tert-OH is 9. The van der Waals surface area contributed by atoms with Crippen LogP contribution in [-0.4, -0.2) is 150 Å². The lowest BCUT2D eigenvalue weighted by Crippen LogP contribution is -2.64. The van der Waals surface area contributed by atoms with E-state index >= 15 is 0 Å². The number of carboxylic acids is 1. The maximum atomic E-state index is 10.7. The fraction of sp³-hybridized carbons (Fsp3) is 0.964. The fourth-order valence-corrected chi connectivity index (χ4v) is 5.24. The van der Waals surface area contributed by atoms with E-state index in [-0.39, 0.29) is 13.0 Å². The van der Waals surface area contributed by atoms with Crippen molar-refractivity contribution in [3.05, 3.63) is 0 Å². The minimum absolute atomic E-state index is 0.186. The van der Waals surface area contributed by atoms with Crippen molar-refractivity contribution in [2.45, 2.75) is 151 Å². The van der Waals surface area contributed by atoms with Gasteiger partial charge in [-0.1, -0.05) is 64.2 Å². The first-order valence-corrected chi connectivity index (χ1v) is 15.3. The largest absolute Gasteiger partial charge is 0.479 e. The van der Waals surface area contributed by atoms with Gasteiger partial charge in [0.25, 0.3) is 0 Å². The number of hydrogen-bond acceptors (Lipinski definition) is 14. The molecule has 0 amide bonds. The van der Waals surface area contributed by atoms with E-state index in [9.17, 15) is 50.8 Å². The Morgan fingerprint density at radius 3 is 1.65 bits per heavy atom. The van der Waals surface area contributed by atoms with Crippen LogP contribution in [0.25, 0.3) is 0 Å². The molecule has 0 aliphatic carbocycles. The number of hydrogen-bond donors (Lipinski definition) is 10. The third-order valence-electron chi connectivity index (χ3n) is 7.96. The monoisotopic (exact) mass is 628 g/mol. The molecule has 2 aliphatic heterocycles. The van der Waals surface area contributed by atoms with Crippen molar-refractivity contribution in [2.75, 3.05) is 19.8 Å². The normalized spacial score (nSPS) is 34.6. The molecule has 0 radical (unpaired) electrons. The third kappa shape index (κ3) is 12.3. The zero-order valence-corrected chi connectivity index (χ0v) is 24.5. The highest BCUT2D eigenvalue weighted by atomic mass is 16.7. The molecule has 0 aromatic carbocycles. The predicted octanol–water partition coefficient (Wildman–Crippen LogP) is -1.89. The topological polar surface area (TPSA) is 256 Å². The molecule has 254 valence electrons. The van der Waals surface area contributed by atoms with Gasteiger partial charge in [-0.15, -0.1) is 0 Å². The second-order valence-electron chi connectivity index (χ2n) is 11.5. The lowest BCUT2D eigenvalue weighted by Gasteiger charge is -2.46. The molecule has 15 nitrogen and oxygen atoms in total. The SMILES string of the molecule is O=C(O)[C@H](O)CCCCCCCCCCCC[C@@H](O)CO[C@@H]1O[C@H](CO)[C@@H](O[C@@H]2O[C@H](CO)[C@@H](O)[C@H](O)[C@H]2O)[C@H](O)[C@H]1O. The summed E-state index contributed by atoms with van der Waals surface area (Å²) in [7, 11) is 0. The van der Waals surface area contributed by atoms with E-state index in [1.807, 2.05) is 0 Å². The highest BCUT2D eigenvalue weighted by Gasteiger charge is 2.50. The van der Waals surface area contributed by atoms with Gasteiger partial charge in [0, 0.05) is 0 Å². The summed E-state index contributed by atoms with van der Waals surface area (Å²) in [6.07, 6.45) is -7.05. The highest BCUT2D eigenvalue weighted by Crippen LogP contribution is 2.29. The Morgan fingerprint density at radius 2 is 1.12 bits per heavy atom. The van der Waals surface area contributed by atoms with Crippen LogP contribution >= 0.6 is 0 Å². The maximum Gasteiger partial charge on any atom is 0.332 e. The van der Waals surface area contributed by atoms with Crippen molar-refractivity contribution in [1.82, 2.24) is 0 Å². The average molecular weight is 629 g/mol. The van der Waals surface area contributed by atoms with Crippen molar-refractivity contribution in [1.29, 1.82) is 0 Å². The maximum absolute atomic E-state index is 10.7. The molecule has 2 saturated heterocycles. The van der Waals surface area contributed by atoms with Crippen molar-refractivity contribution >= 4 is 5.97 Å². The van der Waals surface area contributed by atoms with Crippen molar-refractivity contribution in [3.8, 4) is 0 Å². The molecule has 2 heterocycles. The van der Waals surface area contributed by atoms with Crippen LogP contribution < -0.4 is 0 Å². The van der Waals surface area contributed by atoms with Crippen molar-refractivity contribution in [3.63, 3.8) is 0 Å². The molecule has 0 saturated carbocycles. The molecular weight excluding hydrogens is 576 g/mol. The smallest absolute Gasteiger partial charge is 0.332 e. The van der Waals surface area contributed by atoms with Crippen LogP contribution in [0.2, 0.25) is 0 Å². The van der Waals surface area contributed by atoms with Crippen LogP contribution in [0.1, 0.15) is 77.0 Å². The van der Waals surface area contributed by atoms with Crippen LogP contribution in [0.4, 0.5) is 0 Å². The Bertz CT molecular complexity index is 756. The number of aliphatic hydroxyl groups is 9. The quantitative estimate of drug-likeness (QED) is 0.0624. The van der Waals surface area contributed by atoms with Crippen molar-refractivity contribution < 1.29 is 74.8 Å². The zero-order valence-electron chi connectivity index (χ0n) is 24.5. The molecule has 2 rings (SSSR count). The first-order valence-electron chi connectivity index (χ1n) is 15.3. The van der Waals surface area contributed by atoms with Gasteiger partial charge in [-0.3, -0.25) is 0 Å². The van der Waals surface area contributed by atoms with E-state index in [0.29, 0.717) is 12.8 Å². The molecule has 0 aromatic rings. The molecule has 2 aliphatic rings. The third-order valence-corrected chi connectivity index (χ3v) is 7.96. The number of rotatable bonds is 21. The molecule has 15 heteroatoms. The summed E-state index contributed by atoms with van der Waals surface area (Å²) in [5, 5.41) is 98.6. The molecule has 0 aromatic heterocycles. The number of carboxylic acid groups (broad SMARTS) is 1. The summed E-state index contributed by atoms with van der Waals surface area (Å²) in [6.45, 7) is -1.55. The predicted molar refractivity (Wildman–Crippen MR) is 147 cm³/mol. The van der Waals surface area contributed by atoms with Crippen molar-refractivity contribution in [2.24, 2.45) is 0 Å². The average Bonchev–Trinajstić information content (AvgIpc) is 2.99. The van der Waals surface area contributed by atoms with E-state index in [1.54, 1.807) is 0 Å². The van der Waals surface area contributed by atoms with Crippen LogP contribution in [0.5, 0.6) is 0 Å². The van der Waals surface area contributed by atoms with Gasteiger partial charge in [0.05, 0.1) is 25.9 Å². The Hall–Kier alpha value is -1.05. The Balaban J connectivity index is 1.61. The lowest BCUT2D eigenvalue weighted by molar-refractivity contribution is -0.360. The van der Waals surface area contributed by atoms with E-state index in [0.717, 1.165) is 57.8 Å². The van der Waals surface area contributed by atoms with Gasteiger partial charge < -0.3 is 70.0 Å². The molecule has 0 spiro atoms. The number of carbonyl (C=O) groups is 1. The zero-order chi connectivity index (χ0) is 31.9. The van der Waals surface area contributed by atoms with E-state index in [4.69, 9.17) is 24.1 Å².